The second-order valence-corrected chi connectivity index (χ2v) is 10.9. The maximum atomic E-state index is 13.7. The average Bonchev–Trinajstić information content (AvgIpc) is 3.42. The SMILES string of the molecule is Cc1ccc(SCCC(=O)N(Cc2ccc(F)cc2)C(Cc2ccccc2)C(=O)NC2CCCC2)cc1. The Morgan fingerprint density at radius 2 is 1.62 bits per heavy atom. The van der Waals surface area contributed by atoms with E-state index in [2.05, 4.69) is 36.5 Å². The predicted octanol–water partition coefficient (Wildman–Crippen LogP) is 6.32. The van der Waals surface area contributed by atoms with E-state index in [1.165, 1.54) is 17.7 Å². The van der Waals surface area contributed by atoms with Crippen molar-refractivity contribution in [3.8, 4) is 0 Å². The van der Waals surface area contributed by atoms with Crippen LogP contribution >= 0.6 is 11.8 Å². The first-order valence-corrected chi connectivity index (χ1v) is 14.0. The molecule has 0 aliphatic heterocycles. The lowest BCUT2D eigenvalue weighted by Gasteiger charge is -2.32. The van der Waals surface area contributed by atoms with Crippen molar-refractivity contribution in [2.45, 2.75) is 69.0 Å². The van der Waals surface area contributed by atoms with Gasteiger partial charge in [-0.25, -0.2) is 4.39 Å². The fraction of sp³-hybridized carbons (Fsp3) is 0.355. The molecule has 3 aromatic carbocycles. The van der Waals surface area contributed by atoms with Crippen molar-refractivity contribution in [2.24, 2.45) is 0 Å². The lowest BCUT2D eigenvalue weighted by molar-refractivity contribution is -0.141. The van der Waals surface area contributed by atoms with Gasteiger partial charge in [0, 0.05) is 36.1 Å². The zero-order chi connectivity index (χ0) is 26.0. The van der Waals surface area contributed by atoms with E-state index in [0.29, 0.717) is 18.6 Å². The second-order valence-electron chi connectivity index (χ2n) is 9.76. The normalized spacial score (nSPS) is 14.3. The zero-order valence-electron chi connectivity index (χ0n) is 21.4. The molecule has 0 saturated heterocycles. The number of nitrogens with zero attached hydrogens (tertiary/aromatic N) is 1. The summed E-state index contributed by atoms with van der Waals surface area (Å²) < 4.78 is 13.6. The van der Waals surface area contributed by atoms with Gasteiger partial charge in [-0.15, -0.1) is 11.8 Å². The molecule has 1 unspecified atom stereocenters. The monoisotopic (exact) mass is 518 g/mol. The van der Waals surface area contributed by atoms with Gasteiger partial charge < -0.3 is 10.2 Å². The van der Waals surface area contributed by atoms with Gasteiger partial charge in [0.2, 0.25) is 11.8 Å². The molecule has 1 N–H and O–H groups in total. The number of halogens is 1. The minimum atomic E-state index is -0.648. The van der Waals surface area contributed by atoms with Gasteiger partial charge in [-0.1, -0.05) is 73.0 Å². The fourth-order valence-corrected chi connectivity index (χ4v) is 5.58. The molecule has 0 heterocycles. The quantitative estimate of drug-likeness (QED) is 0.303. The topological polar surface area (TPSA) is 49.4 Å². The third-order valence-corrected chi connectivity index (χ3v) is 7.86. The molecular weight excluding hydrogens is 483 g/mol. The first-order valence-electron chi connectivity index (χ1n) is 13.1. The molecule has 0 radical (unpaired) electrons. The molecule has 2 amide bonds. The maximum absolute atomic E-state index is 13.7. The lowest BCUT2D eigenvalue weighted by Crippen LogP contribution is -2.52. The molecule has 4 nitrogen and oxygen atoms in total. The van der Waals surface area contributed by atoms with Crippen molar-refractivity contribution in [3.63, 3.8) is 0 Å². The molecule has 0 aromatic heterocycles. The summed E-state index contributed by atoms with van der Waals surface area (Å²) in [5.74, 6) is 0.101. The van der Waals surface area contributed by atoms with E-state index in [-0.39, 0.29) is 30.2 Å². The van der Waals surface area contributed by atoms with Crippen molar-refractivity contribution in [1.82, 2.24) is 10.2 Å². The summed E-state index contributed by atoms with van der Waals surface area (Å²) in [6.45, 7) is 2.30. The standard InChI is InChI=1S/C31H35FN2O2S/c1-23-11-17-28(18-12-23)37-20-19-30(35)34(22-25-13-15-26(32)16-14-25)29(21-24-7-3-2-4-8-24)31(36)33-27-9-5-6-10-27/h2-4,7-8,11-18,27,29H,5-6,9-10,19-22H2,1H3,(H,33,36). The molecule has 4 rings (SSSR count). The van der Waals surface area contributed by atoms with E-state index in [1.54, 1.807) is 28.8 Å². The molecule has 0 spiro atoms. The van der Waals surface area contributed by atoms with Crippen LogP contribution in [0.25, 0.3) is 0 Å². The highest BCUT2D eigenvalue weighted by atomic mass is 32.2. The number of thioether (sulfide) groups is 1. The van der Waals surface area contributed by atoms with Crippen molar-refractivity contribution in [2.75, 3.05) is 5.75 Å². The molecule has 1 aliphatic carbocycles. The van der Waals surface area contributed by atoms with Crippen LogP contribution < -0.4 is 5.32 Å². The van der Waals surface area contributed by atoms with E-state index in [0.717, 1.165) is 41.7 Å². The average molecular weight is 519 g/mol. The van der Waals surface area contributed by atoms with Crippen LogP contribution in [0.2, 0.25) is 0 Å². The summed E-state index contributed by atoms with van der Waals surface area (Å²) in [5, 5.41) is 3.22. The molecule has 3 aromatic rings. The summed E-state index contributed by atoms with van der Waals surface area (Å²) in [6, 6.07) is 23.8. The minimum Gasteiger partial charge on any atom is -0.352 e. The summed E-state index contributed by atoms with van der Waals surface area (Å²) in [4.78, 5) is 30.2. The third kappa shape index (κ3) is 8.19. The van der Waals surface area contributed by atoms with Crippen molar-refractivity contribution in [1.29, 1.82) is 0 Å². The summed E-state index contributed by atoms with van der Waals surface area (Å²) in [5.41, 5.74) is 3.00. The van der Waals surface area contributed by atoms with Crippen LogP contribution in [0, 0.1) is 12.7 Å². The Morgan fingerprint density at radius 3 is 2.30 bits per heavy atom. The molecule has 194 valence electrons. The van der Waals surface area contributed by atoms with E-state index in [4.69, 9.17) is 0 Å². The number of benzene rings is 3. The van der Waals surface area contributed by atoms with Gasteiger partial charge in [0.05, 0.1) is 0 Å². The third-order valence-electron chi connectivity index (χ3n) is 6.84. The number of hydrogen-bond acceptors (Lipinski definition) is 3. The van der Waals surface area contributed by atoms with Crippen molar-refractivity contribution < 1.29 is 14.0 Å². The predicted molar refractivity (Wildman–Crippen MR) is 148 cm³/mol. The maximum Gasteiger partial charge on any atom is 0.243 e. The van der Waals surface area contributed by atoms with E-state index in [9.17, 15) is 14.0 Å². The van der Waals surface area contributed by atoms with Crippen LogP contribution in [-0.4, -0.2) is 34.6 Å². The van der Waals surface area contributed by atoms with Gasteiger partial charge in [0.25, 0.3) is 0 Å². The molecule has 1 aliphatic rings. The smallest absolute Gasteiger partial charge is 0.243 e. The van der Waals surface area contributed by atoms with Gasteiger partial charge >= 0.3 is 0 Å². The summed E-state index contributed by atoms with van der Waals surface area (Å²) in [6.07, 6.45) is 4.91. The Labute approximate surface area is 223 Å². The first-order chi connectivity index (χ1) is 18.0. The van der Waals surface area contributed by atoms with Crippen LogP contribution in [0.15, 0.2) is 83.8 Å². The van der Waals surface area contributed by atoms with E-state index in [1.807, 2.05) is 30.3 Å². The van der Waals surface area contributed by atoms with Crippen molar-refractivity contribution >= 4 is 23.6 Å². The molecule has 1 saturated carbocycles. The largest absolute Gasteiger partial charge is 0.352 e. The number of aryl methyl sites for hydroxylation is 1. The van der Waals surface area contributed by atoms with Crippen LogP contribution in [0.4, 0.5) is 4.39 Å². The molecule has 6 heteroatoms. The number of carbonyl (C=O) groups is 2. The highest BCUT2D eigenvalue weighted by Crippen LogP contribution is 2.23. The van der Waals surface area contributed by atoms with Gasteiger partial charge in [-0.05, 0) is 55.2 Å². The second kappa shape index (κ2) is 13.4. The van der Waals surface area contributed by atoms with Crippen LogP contribution in [0.1, 0.15) is 48.8 Å². The first kappa shape index (κ1) is 26.9. The molecule has 1 atom stereocenters. The Balaban J connectivity index is 1.55. The van der Waals surface area contributed by atoms with Crippen LogP contribution in [-0.2, 0) is 22.6 Å². The van der Waals surface area contributed by atoms with Crippen LogP contribution in [0.3, 0.4) is 0 Å². The Kier molecular flexibility index (Phi) is 9.78. The molecular formula is C31H35FN2O2S. The van der Waals surface area contributed by atoms with Gasteiger partial charge in [0.15, 0.2) is 0 Å². The fourth-order valence-electron chi connectivity index (χ4n) is 4.74. The minimum absolute atomic E-state index is 0.0774. The number of nitrogens with one attached hydrogen (secondary N) is 1. The van der Waals surface area contributed by atoms with Gasteiger partial charge in [-0.3, -0.25) is 9.59 Å². The van der Waals surface area contributed by atoms with E-state index < -0.39 is 6.04 Å². The van der Waals surface area contributed by atoms with Gasteiger partial charge in [-0.2, -0.15) is 0 Å². The van der Waals surface area contributed by atoms with Crippen LogP contribution in [0.5, 0.6) is 0 Å². The lowest BCUT2D eigenvalue weighted by atomic mass is 10.0. The Hall–Kier alpha value is -3.12. The van der Waals surface area contributed by atoms with E-state index >= 15 is 0 Å². The summed E-state index contributed by atoms with van der Waals surface area (Å²) >= 11 is 1.64. The highest BCUT2D eigenvalue weighted by molar-refractivity contribution is 7.99. The number of rotatable bonds is 11. The Morgan fingerprint density at radius 1 is 0.946 bits per heavy atom. The summed E-state index contributed by atoms with van der Waals surface area (Å²) in [7, 11) is 0. The van der Waals surface area contributed by atoms with Gasteiger partial charge in [0.1, 0.15) is 11.9 Å². The van der Waals surface area contributed by atoms with Crippen molar-refractivity contribution in [3.05, 3.63) is 101 Å². The number of carbonyl (C=O) groups excluding carboxylic acids is 2. The highest BCUT2D eigenvalue weighted by Gasteiger charge is 2.32. The Bertz CT molecular complexity index is 1150. The molecule has 37 heavy (non-hydrogen) atoms. The zero-order valence-corrected chi connectivity index (χ0v) is 22.2. The number of hydrogen-bond donors (Lipinski definition) is 1. The molecule has 1 fully saturated rings. The number of amides is 2. The molecule has 0 bridgehead atoms.